The van der Waals surface area contributed by atoms with Gasteiger partial charge in [-0.3, -0.25) is 0 Å². The SMILES string of the molecule is Cc1ccc2c(ccn2CCSC(F)(F)F)c1. The van der Waals surface area contributed by atoms with Gasteiger partial charge in [0.25, 0.3) is 0 Å². The van der Waals surface area contributed by atoms with Gasteiger partial charge in [0.1, 0.15) is 0 Å². The smallest absolute Gasteiger partial charge is 0.347 e. The Morgan fingerprint density at radius 1 is 1.24 bits per heavy atom. The van der Waals surface area contributed by atoms with E-state index in [1.807, 2.05) is 42.0 Å². The Hall–Kier alpha value is -1.10. The maximum Gasteiger partial charge on any atom is 0.441 e. The molecule has 0 bridgehead atoms. The number of alkyl halides is 3. The lowest BCUT2D eigenvalue weighted by Gasteiger charge is -2.07. The fraction of sp³-hybridized carbons (Fsp3) is 0.333. The third kappa shape index (κ3) is 3.19. The Labute approximate surface area is 102 Å². The van der Waals surface area contributed by atoms with Gasteiger partial charge in [-0.1, -0.05) is 11.6 Å². The minimum Gasteiger partial charge on any atom is -0.347 e. The van der Waals surface area contributed by atoms with Crippen LogP contribution in [0.5, 0.6) is 0 Å². The highest BCUT2D eigenvalue weighted by Crippen LogP contribution is 2.30. The highest BCUT2D eigenvalue weighted by atomic mass is 32.2. The molecule has 0 aliphatic carbocycles. The van der Waals surface area contributed by atoms with Crippen molar-refractivity contribution in [1.82, 2.24) is 4.57 Å². The summed E-state index contributed by atoms with van der Waals surface area (Å²) in [5, 5.41) is 1.07. The van der Waals surface area contributed by atoms with Gasteiger partial charge >= 0.3 is 5.51 Å². The molecule has 1 nitrogen and oxygen atoms in total. The van der Waals surface area contributed by atoms with E-state index in [9.17, 15) is 13.2 Å². The highest BCUT2D eigenvalue weighted by molar-refractivity contribution is 8.00. The number of aryl methyl sites for hydroxylation is 2. The molecule has 1 aromatic carbocycles. The summed E-state index contributed by atoms with van der Waals surface area (Å²) in [5.74, 6) is 0.0428. The third-order valence-electron chi connectivity index (χ3n) is 2.52. The van der Waals surface area contributed by atoms with Gasteiger partial charge in [-0.2, -0.15) is 13.2 Å². The van der Waals surface area contributed by atoms with Gasteiger partial charge in [0.15, 0.2) is 0 Å². The van der Waals surface area contributed by atoms with E-state index in [-0.39, 0.29) is 17.5 Å². The van der Waals surface area contributed by atoms with Crippen LogP contribution >= 0.6 is 11.8 Å². The molecular formula is C12H12F3NS. The Balaban J connectivity index is 2.09. The van der Waals surface area contributed by atoms with Crippen molar-refractivity contribution in [2.45, 2.75) is 19.0 Å². The van der Waals surface area contributed by atoms with Crippen molar-refractivity contribution in [1.29, 1.82) is 0 Å². The van der Waals surface area contributed by atoms with E-state index in [0.29, 0.717) is 6.54 Å². The largest absolute Gasteiger partial charge is 0.441 e. The van der Waals surface area contributed by atoms with E-state index < -0.39 is 5.51 Å². The van der Waals surface area contributed by atoms with Gasteiger partial charge in [0.05, 0.1) is 0 Å². The number of halogens is 3. The summed E-state index contributed by atoms with van der Waals surface area (Å²) in [4.78, 5) is 0. The first-order valence-corrected chi connectivity index (χ1v) is 6.20. The first-order valence-electron chi connectivity index (χ1n) is 5.22. The fourth-order valence-corrected chi connectivity index (χ4v) is 2.29. The molecule has 1 heterocycles. The lowest BCUT2D eigenvalue weighted by atomic mass is 10.2. The molecule has 5 heteroatoms. The van der Waals surface area contributed by atoms with Crippen molar-refractivity contribution in [3.05, 3.63) is 36.0 Å². The average Bonchev–Trinajstić information content (AvgIpc) is 2.59. The van der Waals surface area contributed by atoms with E-state index in [1.165, 1.54) is 0 Å². The molecule has 0 spiro atoms. The van der Waals surface area contributed by atoms with Crippen LogP contribution in [0.2, 0.25) is 0 Å². The number of rotatable bonds is 3. The molecule has 1 aromatic heterocycles. The van der Waals surface area contributed by atoms with Crippen LogP contribution in [0.3, 0.4) is 0 Å². The summed E-state index contributed by atoms with van der Waals surface area (Å²) in [7, 11) is 0. The van der Waals surface area contributed by atoms with Crippen LogP contribution in [-0.4, -0.2) is 15.8 Å². The average molecular weight is 259 g/mol. The molecule has 0 fully saturated rings. The molecule has 0 radical (unpaired) electrons. The molecule has 92 valence electrons. The van der Waals surface area contributed by atoms with Gasteiger partial charge in [-0.25, -0.2) is 0 Å². The number of fused-ring (bicyclic) bond motifs is 1. The van der Waals surface area contributed by atoms with Crippen LogP contribution in [0, 0.1) is 6.92 Å². The van der Waals surface area contributed by atoms with Gasteiger partial charge in [-0.15, -0.1) is 0 Å². The molecule has 0 saturated heterocycles. The molecule has 2 rings (SSSR count). The summed E-state index contributed by atoms with van der Waals surface area (Å²) in [6.07, 6.45) is 1.83. The van der Waals surface area contributed by atoms with Crippen molar-refractivity contribution in [3.8, 4) is 0 Å². The molecule has 2 aromatic rings. The third-order valence-corrected chi connectivity index (χ3v) is 3.24. The first-order chi connectivity index (χ1) is 7.96. The van der Waals surface area contributed by atoms with E-state index in [4.69, 9.17) is 0 Å². The minimum absolute atomic E-state index is 0.0227. The summed E-state index contributed by atoms with van der Waals surface area (Å²) in [5.41, 5.74) is -2.00. The van der Waals surface area contributed by atoms with Crippen LogP contribution in [0.15, 0.2) is 30.5 Å². The quantitative estimate of drug-likeness (QED) is 0.799. The van der Waals surface area contributed by atoms with Crippen LogP contribution in [0.1, 0.15) is 5.56 Å². The van der Waals surface area contributed by atoms with Crippen LogP contribution in [-0.2, 0) is 6.54 Å². The van der Waals surface area contributed by atoms with E-state index in [0.717, 1.165) is 16.5 Å². The molecule has 0 unspecified atom stereocenters. The normalized spacial score (nSPS) is 12.2. The lowest BCUT2D eigenvalue weighted by Crippen LogP contribution is -2.06. The Bertz CT molecular complexity index is 516. The fourth-order valence-electron chi connectivity index (χ4n) is 1.77. The zero-order valence-electron chi connectivity index (χ0n) is 9.29. The molecule has 0 N–H and O–H groups in total. The molecule has 0 amide bonds. The second-order valence-electron chi connectivity index (χ2n) is 3.87. The Morgan fingerprint density at radius 2 is 2.00 bits per heavy atom. The molecular weight excluding hydrogens is 247 g/mol. The standard InChI is InChI=1S/C12H12F3NS/c1-9-2-3-11-10(8-9)4-5-16(11)6-7-17-12(13,14)15/h2-5,8H,6-7H2,1H3. The number of hydrogen-bond acceptors (Lipinski definition) is 1. The van der Waals surface area contributed by atoms with Crippen molar-refractivity contribution in [2.75, 3.05) is 5.75 Å². The minimum atomic E-state index is -4.14. The monoisotopic (exact) mass is 259 g/mol. The number of thioether (sulfide) groups is 1. The topological polar surface area (TPSA) is 4.93 Å². The predicted molar refractivity (Wildman–Crippen MR) is 65.2 cm³/mol. The van der Waals surface area contributed by atoms with Crippen LogP contribution < -0.4 is 0 Å². The van der Waals surface area contributed by atoms with Gasteiger partial charge < -0.3 is 4.57 Å². The summed E-state index contributed by atoms with van der Waals surface area (Å²) in [6.45, 7) is 2.37. The molecule has 0 atom stereocenters. The molecule has 17 heavy (non-hydrogen) atoms. The Morgan fingerprint density at radius 3 is 2.71 bits per heavy atom. The van der Waals surface area contributed by atoms with Gasteiger partial charge in [0, 0.05) is 24.0 Å². The van der Waals surface area contributed by atoms with E-state index in [1.54, 1.807) is 0 Å². The van der Waals surface area contributed by atoms with Crippen molar-refractivity contribution in [3.63, 3.8) is 0 Å². The second-order valence-corrected chi connectivity index (χ2v) is 5.03. The van der Waals surface area contributed by atoms with E-state index in [2.05, 4.69) is 0 Å². The van der Waals surface area contributed by atoms with Gasteiger partial charge in [-0.05, 0) is 42.3 Å². The predicted octanol–water partition coefficient (Wildman–Crippen LogP) is 4.20. The number of benzene rings is 1. The zero-order chi connectivity index (χ0) is 12.5. The summed E-state index contributed by atoms with van der Waals surface area (Å²) >= 11 is 0.0227. The van der Waals surface area contributed by atoms with Crippen molar-refractivity contribution >= 4 is 22.7 Å². The number of hydrogen-bond donors (Lipinski definition) is 0. The van der Waals surface area contributed by atoms with E-state index >= 15 is 0 Å². The Kier molecular flexibility index (Phi) is 3.38. The van der Waals surface area contributed by atoms with Gasteiger partial charge in [0.2, 0.25) is 0 Å². The first kappa shape index (κ1) is 12.4. The summed E-state index contributed by atoms with van der Waals surface area (Å²) < 4.78 is 37.9. The molecule has 0 aliphatic rings. The molecule has 0 saturated carbocycles. The number of nitrogens with zero attached hydrogens (tertiary/aromatic N) is 1. The van der Waals surface area contributed by atoms with Crippen LogP contribution in [0.25, 0.3) is 10.9 Å². The van der Waals surface area contributed by atoms with Crippen molar-refractivity contribution < 1.29 is 13.2 Å². The number of aromatic nitrogens is 1. The summed E-state index contributed by atoms with van der Waals surface area (Å²) in [6, 6.07) is 7.88. The second kappa shape index (κ2) is 4.64. The van der Waals surface area contributed by atoms with Crippen LogP contribution in [0.4, 0.5) is 13.2 Å². The van der Waals surface area contributed by atoms with Crippen molar-refractivity contribution in [2.24, 2.45) is 0 Å². The molecule has 0 aliphatic heterocycles. The lowest BCUT2D eigenvalue weighted by molar-refractivity contribution is -0.0328. The highest BCUT2D eigenvalue weighted by Gasteiger charge is 2.27. The maximum absolute atomic E-state index is 12.0. The maximum atomic E-state index is 12.0. The zero-order valence-corrected chi connectivity index (χ0v) is 10.1.